The molecule has 1 heterocycles. The Labute approximate surface area is 268 Å². The van der Waals surface area contributed by atoms with Crippen LogP contribution >= 0.6 is 30.1 Å². The summed E-state index contributed by atoms with van der Waals surface area (Å²) in [6, 6.07) is 45.8. The first-order chi connectivity index (χ1) is 21.0. The minimum absolute atomic E-state index is 0.261. The average Bonchev–Trinajstić information content (AvgIpc) is 3.44. The van der Waals surface area contributed by atoms with Crippen molar-refractivity contribution in [1.29, 1.82) is 0 Å². The smallest absolute Gasteiger partial charge is 0.251 e. The summed E-state index contributed by atoms with van der Waals surface area (Å²) in [5.74, 6) is 0. The van der Waals surface area contributed by atoms with E-state index in [1.807, 2.05) is 53.2 Å². The third-order valence-electron chi connectivity index (χ3n) is 8.08. The molecule has 218 valence electrons. The van der Waals surface area contributed by atoms with Crippen molar-refractivity contribution in [3.05, 3.63) is 133 Å². The fourth-order valence-corrected chi connectivity index (χ4v) is 12.4. The lowest BCUT2D eigenvalue weighted by atomic mass is 10.2. The SMILES string of the molecule is O=S(=O)(c1ccc2c(c1)oc1ccccc12)N(I)CCCCCC[P+](c1ccccc1)(c1ccccc1)c1ccccc1. The van der Waals surface area contributed by atoms with Gasteiger partial charge in [0.2, 0.25) is 0 Å². The van der Waals surface area contributed by atoms with E-state index in [1.165, 1.54) is 18.4 Å². The number of sulfonamides is 1. The molecule has 0 atom stereocenters. The van der Waals surface area contributed by atoms with Crippen molar-refractivity contribution in [3.8, 4) is 0 Å². The lowest BCUT2D eigenvalue weighted by Crippen LogP contribution is -2.33. The van der Waals surface area contributed by atoms with Gasteiger partial charge in [0.15, 0.2) is 0 Å². The van der Waals surface area contributed by atoms with E-state index in [9.17, 15) is 8.42 Å². The van der Waals surface area contributed by atoms with E-state index >= 15 is 0 Å². The molecule has 4 nitrogen and oxygen atoms in total. The van der Waals surface area contributed by atoms with Gasteiger partial charge < -0.3 is 4.42 Å². The lowest BCUT2D eigenvalue weighted by Gasteiger charge is -2.27. The lowest BCUT2D eigenvalue weighted by molar-refractivity contribution is 0.536. The molecule has 0 amide bonds. The quantitative estimate of drug-likeness (QED) is 0.0553. The highest BCUT2D eigenvalue weighted by atomic mass is 127. The van der Waals surface area contributed by atoms with E-state index in [1.54, 1.807) is 12.1 Å². The van der Waals surface area contributed by atoms with Crippen LogP contribution in [0.3, 0.4) is 0 Å². The van der Waals surface area contributed by atoms with E-state index in [-0.39, 0.29) is 4.90 Å². The van der Waals surface area contributed by atoms with Crippen LogP contribution in [0, 0.1) is 0 Å². The normalized spacial score (nSPS) is 12.3. The van der Waals surface area contributed by atoms with Gasteiger partial charge in [0.25, 0.3) is 10.0 Å². The number of hydrogen-bond acceptors (Lipinski definition) is 3. The molecule has 6 rings (SSSR count). The van der Waals surface area contributed by atoms with E-state index in [0.29, 0.717) is 12.1 Å². The summed E-state index contributed by atoms with van der Waals surface area (Å²) in [7, 11) is -5.46. The summed E-state index contributed by atoms with van der Waals surface area (Å²) >= 11 is 1.94. The molecule has 0 aliphatic carbocycles. The number of benzene rings is 5. The standard InChI is InChI=1S/C36H34INO3PS/c37-38(43(39,40)32-24-25-34-33-22-12-13-23-35(33)41-36(34)28-32)26-14-1-2-15-27-42(29-16-6-3-7-17-29,30-18-8-4-9-19-30)31-20-10-5-11-21-31/h3-13,16-25,28H,1-2,14-15,26-27H2/q+1. The molecular weight excluding hydrogens is 684 g/mol. The molecule has 0 N–H and O–H groups in total. The van der Waals surface area contributed by atoms with Crippen molar-refractivity contribution in [2.24, 2.45) is 0 Å². The van der Waals surface area contributed by atoms with Crippen LogP contribution < -0.4 is 15.9 Å². The fraction of sp³-hybridized carbons (Fsp3) is 0.167. The maximum absolute atomic E-state index is 13.4. The van der Waals surface area contributed by atoms with E-state index < -0.39 is 17.3 Å². The maximum atomic E-state index is 13.4. The molecule has 7 heteroatoms. The molecule has 0 saturated carbocycles. The van der Waals surface area contributed by atoms with Gasteiger partial charge in [0.1, 0.15) is 34.3 Å². The first kappa shape index (κ1) is 30.0. The zero-order valence-electron chi connectivity index (χ0n) is 23.8. The summed E-state index contributed by atoms with van der Waals surface area (Å²) in [4.78, 5) is 0.261. The first-order valence-electron chi connectivity index (χ1n) is 14.6. The van der Waals surface area contributed by atoms with Gasteiger partial charge in [0, 0.05) is 46.2 Å². The Hall–Kier alpha value is -3.03. The van der Waals surface area contributed by atoms with E-state index in [2.05, 4.69) is 91.0 Å². The molecule has 0 aliphatic heterocycles. The number of hydrogen-bond donors (Lipinski definition) is 0. The summed E-state index contributed by atoms with van der Waals surface area (Å²) in [6.07, 6.45) is 4.97. The maximum Gasteiger partial charge on any atom is 0.251 e. The number of nitrogens with zero attached hydrogens (tertiary/aromatic N) is 1. The van der Waals surface area contributed by atoms with Crippen molar-refractivity contribution >= 4 is 78.0 Å². The summed E-state index contributed by atoms with van der Waals surface area (Å²) in [5.41, 5.74) is 1.35. The second-order valence-corrected chi connectivity index (χ2v) is 18.0. The Morgan fingerprint density at radius 1 is 0.581 bits per heavy atom. The fourth-order valence-electron chi connectivity index (χ4n) is 5.92. The Balaban J connectivity index is 1.12. The van der Waals surface area contributed by atoms with Gasteiger partial charge in [-0.15, -0.1) is 2.52 Å². The molecule has 0 unspecified atom stereocenters. The van der Waals surface area contributed by atoms with Gasteiger partial charge in [-0.05, 0) is 73.9 Å². The number of fused-ring (bicyclic) bond motifs is 3. The Bertz CT molecular complexity index is 1820. The molecule has 0 fully saturated rings. The van der Waals surface area contributed by atoms with Crippen LogP contribution in [0.1, 0.15) is 25.7 Å². The summed E-state index contributed by atoms with van der Waals surface area (Å²) < 4.78 is 34.2. The van der Waals surface area contributed by atoms with Crippen LogP contribution in [0.15, 0.2) is 143 Å². The van der Waals surface area contributed by atoms with Gasteiger partial charge in [-0.25, -0.2) is 8.42 Å². The van der Waals surface area contributed by atoms with Crippen molar-refractivity contribution < 1.29 is 12.8 Å². The summed E-state index contributed by atoms with van der Waals surface area (Å²) in [5, 5.41) is 6.12. The topological polar surface area (TPSA) is 50.5 Å². The van der Waals surface area contributed by atoms with Gasteiger partial charge in [-0.3, -0.25) is 0 Å². The molecule has 5 aromatic carbocycles. The highest BCUT2D eigenvalue weighted by Crippen LogP contribution is 2.56. The van der Waals surface area contributed by atoms with Crippen LogP contribution in [0.25, 0.3) is 21.9 Å². The van der Waals surface area contributed by atoms with Crippen LogP contribution in [0.5, 0.6) is 0 Å². The molecule has 0 radical (unpaired) electrons. The second kappa shape index (κ2) is 13.3. The number of furan rings is 1. The van der Waals surface area contributed by atoms with Crippen molar-refractivity contribution in [2.75, 3.05) is 12.7 Å². The zero-order valence-corrected chi connectivity index (χ0v) is 27.7. The number of halogens is 1. The Morgan fingerprint density at radius 2 is 1.09 bits per heavy atom. The highest BCUT2D eigenvalue weighted by Gasteiger charge is 2.44. The molecule has 0 bridgehead atoms. The Morgan fingerprint density at radius 3 is 1.70 bits per heavy atom. The highest BCUT2D eigenvalue weighted by molar-refractivity contribution is 14.1. The van der Waals surface area contributed by atoms with Gasteiger partial charge in [0.05, 0.1) is 11.1 Å². The molecule has 0 aliphatic rings. The average molecular weight is 719 g/mol. The molecule has 6 aromatic rings. The molecule has 1 aromatic heterocycles. The first-order valence-corrected chi connectivity index (χ1v) is 19.0. The van der Waals surface area contributed by atoms with Crippen molar-refractivity contribution in [1.82, 2.24) is 2.52 Å². The third-order valence-corrected chi connectivity index (χ3v) is 16.2. The van der Waals surface area contributed by atoms with Crippen LogP contribution in [-0.2, 0) is 10.0 Å². The van der Waals surface area contributed by atoms with E-state index in [0.717, 1.165) is 48.2 Å². The van der Waals surface area contributed by atoms with Crippen LogP contribution in [-0.4, -0.2) is 23.6 Å². The Kier molecular flexibility index (Phi) is 9.29. The van der Waals surface area contributed by atoms with Gasteiger partial charge >= 0.3 is 0 Å². The molecular formula is C36H34INO3PS+. The minimum atomic E-state index is -3.63. The number of para-hydroxylation sites is 1. The minimum Gasteiger partial charge on any atom is -0.456 e. The third kappa shape index (κ3) is 6.16. The number of rotatable bonds is 12. The molecule has 0 saturated heterocycles. The summed E-state index contributed by atoms with van der Waals surface area (Å²) in [6.45, 7) is 0.470. The van der Waals surface area contributed by atoms with Crippen molar-refractivity contribution in [2.45, 2.75) is 30.6 Å². The van der Waals surface area contributed by atoms with E-state index in [4.69, 9.17) is 4.42 Å². The predicted octanol–water partition coefficient (Wildman–Crippen LogP) is 8.48. The molecule has 43 heavy (non-hydrogen) atoms. The largest absolute Gasteiger partial charge is 0.456 e. The molecule has 0 spiro atoms. The van der Waals surface area contributed by atoms with Gasteiger partial charge in [-0.1, -0.05) is 79.2 Å². The zero-order chi connectivity index (χ0) is 29.7. The number of unbranched alkanes of at least 4 members (excludes halogenated alkanes) is 3. The predicted molar refractivity (Wildman–Crippen MR) is 190 cm³/mol. The van der Waals surface area contributed by atoms with Crippen LogP contribution in [0.2, 0.25) is 0 Å². The van der Waals surface area contributed by atoms with Gasteiger partial charge in [-0.2, -0.15) is 0 Å². The monoisotopic (exact) mass is 718 g/mol. The van der Waals surface area contributed by atoms with Crippen LogP contribution in [0.4, 0.5) is 0 Å². The van der Waals surface area contributed by atoms with Crippen molar-refractivity contribution in [3.63, 3.8) is 0 Å². The second-order valence-electron chi connectivity index (χ2n) is 10.7.